The molecule has 1 amide bonds. The molecule has 1 aromatic heterocycles. The van der Waals surface area contributed by atoms with Crippen molar-refractivity contribution in [2.75, 3.05) is 11.4 Å². The smallest absolute Gasteiger partial charge is 0.240 e. The molecule has 0 aliphatic rings. The molecule has 3 rings (SSSR count). The van der Waals surface area contributed by atoms with Crippen LogP contribution in [0, 0.1) is 20.8 Å². The second-order valence-corrected chi connectivity index (χ2v) is 9.05. The van der Waals surface area contributed by atoms with E-state index in [1.165, 1.54) is 0 Å². The van der Waals surface area contributed by atoms with E-state index in [-0.39, 0.29) is 30.3 Å². The number of benzene rings is 2. The molecule has 0 saturated carbocycles. The minimum atomic E-state index is -3.69. The number of hydrogen-bond acceptors (Lipinski definition) is 4. The van der Waals surface area contributed by atoms with E-state index in [0.717, 1.165) is 16.8 Å². The summed E-state index contributed by atoms with van der Waals surface area (Å²) in [4.78, 5) is 14.8. The number of nitrogens with one attached hydrogen (secondary N) is 1. The van der Waals surface area contributed by atoms with Crippen LogP contribution in [-0.4, -0.2) is 20.9 Å². The van der Waals surface area contributed by atoms with Gasteiger partial charge < -0.3 is 9.32 Å². The molecule has 158 valence electrons. The Labute approximate surface area is 177 Å². The second-order valence-electron chi connectivity index (χ2n) is 7.31. The van der Waals surface area contributed by atoms with Crippen LogP contribution in [-0.2, 0) is 21.4 Å². The summed E-state index contributed by atoms with van der Waals surface area (Å²) >= 11 is 0. The van der Waals surface area contributed by atoms with Crippen molar-refractivity contribution in [2.45, 2.75) is 38.6 Å². The van der Waals surface area contributed by atoms with E-state index in [0.29, 0.717) is 11.3 Å². The number of amides is 1. The van der Waals surface area contributed by atoms with Gasteiger partial charge in [0.1, 0.15) is 5.76 Å². The van der Waals surface area contributed by atoms with Crippen LogP contribution in [0.2, 0.25) is 0 Å². The molecule has 1 N–H and O–H groups in total. The first-order valence-electron chi connectivity index (χ1n) is 9.72. The van der Waals surface area contributed by atoms with E-state index in [4.69, 9.17) is 4.42 Å². The molecule has 6 nitrogen and oxygen atoms in total. The van der Waals surface area contributed by atoms with Gasteiger partial charge in [0.15, 0.2) is 0 Å². The molecule has 0 aliphatic heterocycles. The van der Waals surface area contributed by atoms with E-state index in [2.05, 4.69) is 4.72 Å². The predicted molar refractivity (Wildman–Crippen MR) is 117 cm³/mol. The fourth-order valence-corrected chi connectivity index (χ4v) is 4.47. The number of sulfonamides is 1. The molecular formula is C23H26N2O4S. The average Bonchev–Trinajstić information content (AvgIpc) is 3.22. The number of hydrogen-bond donors (Lipinski definition) is 1. The Kier molecular flexibility index (Phi) is 6.74. The fraction of sp³-hybridized carbons (Fsp3) is 0.261. The average molecular weight is 427 g/mol. The highest BCUT2D eigenvalue weighted by molar-refractivity contribution is 7.89. The molecule has 0 spiro atoms. The predicted octanol–water partition coefficient (Wildman–Crippen LogP) is 4.11. The third-order valence-corrected chi connectivity index (χ3v) is 6.41. The number of anilines is 1. The Morgan fingerprint density at radius 3 is 2.37 bits per heavy atom. The summed E-state index contributed by atoms with van der Waals surface area (Å²) < 4.78 is 33.3. The zero-order chi connectivity index (χ0) is 21.7. The van der Waals surface area contributed by atoms with Gasteiger partial charge in [-0.25, -0.2) is 13.1 Å². The summed E-state index contributed by atoms with van der Waals surface area (Å²) in [6.07, 6.45) is 1.59. The lowest BCUT2D eigenvalue weighted by Crippen LogP contribution is -2.34. The number of aryl methyl sites for hydroxylation is 3. The van der Waals surface area contributed by atoms with Gasteiger partial charge in [0.25, 0.3) is 0 Å². The topological polar surface area (TPSA) is 79.6 Å². The van der Waals surface area contributed by atoms with Crippen molar-refractivity contribution >= 4 is 21.6 Å². The first kappa shape index (κ1) is 21.8. The summed E-state index contributed by atoms with van der Waals surface area (Å²) in [6.45, 7) is 5.86. The van der Waals surface area contributed by atoms with Crippen LogP contribution in [0.1, 0.15) is 28.9 Å². The summed E-state index contributed by atoms with van der Waals surface area (Å²) in [5.41, 5.74) is 3.35. The van der Waals surface area contributed by atoms with Gasteiger partial charge in [0.2, 0.25) is 15.9 Å². The number of furan rings is 1. The van der Waals surface area contributed by atoms with Crippen LogP contribution in [0.15, 0.2) is 70.2 Å². The van der Waals surface area contributed by atoms with Crippen LogP contribution in [0.25, 0.3) is 0 Å². The molecule has 0 bridgehead atoms. The van der Waals surface area contributed by atoms with Crippen molar-refractivity contribution in [2.24, 2.45) is 0 Å². The molecule has 0 aliphatic carbocycles. The highest BCUT2D eigenvalue weighted by Gasteiger charge is 2.20. The second kappa shape index (κ2) is 9.28. The van der Waals surface area contributed by atoms with Crippen molar-refractivity contribution in [1.29, 1.82) is 0 Å². The van der Waals surface area contributed by atoms with Gasteiger partial charge in [0, 0.05) is 18.7 Å². The number of rotatable bonds is 8. The highest BCUT2D eigenvalue weighted by Crippen LogP contribution is 2.20. The molecule has 0 atom stereocenters. The standard InChI is InChI=1S/C23H26N2O4S/c1-17-7-10-20(11-8-17)25(16-21-5-4-14-29-21)23(26)12-13-24-30(27,28)22-15-18(2)6-9-19(22)3/h4-11,14-15,24H,12-13,16H2,1-3H3. The largest absolute Gasteiger partial charge is 0.467 e. The van der Waals surface area contributed by atoms with Crippen molar-refractivity contribution < 1.29 is 17.6 Å². The normalized spacial score (nSPS) is 11.4. The first-order chi connectivity index (χ1) is 14.3. The van der Waals surface area contributed by atoms with Gasteiger partial charge in [-0.05, 0) is 62.2 Å². The molecule has 0 saturated heterocycles. The van der Waals surface area contributed by atoms with E-state index in [1.54, 1.807) is 42.4 Å². The summed E-state index contributed by atoms with van der Waals surface area (Å²) in [5, 5.41) is 0. The SMILES string of the molecule is Cc1ccc(N(Cc2ccco2)C(=O)CCNS(=O)(=O)c2cc(C)ccc2C)cc1. The Morgan fingerprint density at radius 1 is 1.00 bits per heavy atom. The Hall–Kier alpha value is -2.90. The van der Waals surface area contributed by atoms with Crippen molar-refractivity contribution in [3.63, 3.8) is 0 Å². The van der Waals surface area contributed by atoms with Crippen LogP contribution in [0.3, 0.4) is 0 Å². The van der Waals surface area contributed by atoms with Crippen LogP contribution in [0.4, 0.5) is 5.69 Å². The minimum absolute atomic E-state index is 0.00899. The lowest BCUT2D eigenvalue weighted by molar-refractivity contribution is -0.118. The van der Waals surface area contributed by atoms with Gasteiger partial charge in [-0.15, -0.1) is 0 Å². The Morgan fingerprint density at radius 2 is 1.70 bits per heavy atom. The zero-order valence-corrected chi connectivity index (χ0v) is 18.2. The van der Waals surface area contributed by atoms with E-state index in [1.807, 2.05) is 44.2 Å². The molecule has 0 unspecified atom stereocenters. The quantitative estimate of drug-likeness (QED) is 0.588. The van der Waals surface area contributed by atoms with E-state index in [9.17, 15) is 13.2 Å². The van der Waals surface area contributed by atoms with Crippen LogP contribution >= 0.6 is 0 Å². The molecule has 3 aromatic rings. The van der Waals surface area contributed by atoms with E-state index < -0.39 is 10.0 Å². The molecule has 2 aromatic carbocycles. The third-order valence-electron chi connectivity index (χ3n) is 4.80. The van der Waals surface area contributed by atoms with Crippen LogP contribution in [0.5, 0.6) is 0 Å². The Bertz CT molecular complexity index is 1100. The maximum Gasteiger partial charge on any atom is 0.240 e. The monoisotopic (exact) mass is 426 g/mol. The zero-order valence-electron chi connectivity index (χ0n) is 17.4. The summed E-state index contributed by atoms with van der Waals surface area (Å²) in [7, 11) is -3.69. The number of carbonyl (C=O) groups excluding carboxylic acids is 1. The van der Waals surface area contributed by atoms with Gasteiger partial charge in [-0.2, -0.15) is 0 Å². The minimum Gasteiger partial charge on any atom is -0.467 e. The van der Waals surface area contributed by atoms with Crippen molar-refractivity contribution in [3.05, 3.63) is 83.3 Å². The molecule has 0 radical (unpaired) electrons. The van der Waals surface area contributed by atoms with Crippen molar-refractivity contribution in [3.8, 4) is 0 Å². The molecule has 30 heavy (non-hydrogen) atoms. The highest BCUT2D eigenvalue weighted by atomic mass is 32.2. The van der Waals surface area contributed by atoms with Gasteiger partial charge in [-0.3, -0.25) is 4.79 Å². The molecule has 1 heterocycles. The molecular weight excluding hydrogens is 400 g/mol. The lowest BCUT2D eigenvalue weighted by atomic mass is 10.2. The van der Waals surface area contributed by atoms with Crippen molar-refractivity contribution in [1.82, 2.24) is 4.72 Å². The van der Waals surface area contributed by atoms with Gasteiger partial charge in [0.05, 0.1) is 17.7 Å². The third kappa shape index (κ3) is 5.37. The number of nitrogens with zero attached hydrogens (tertiary/aromatic N) is 1. The fourth-order valence-electron chi connectivity index (χ4n) is 3.11. The maximum absolute atomic E-state index is 12.9. The van der Waals surface area contributed by atoms with Gasteiger partial charge in [-0.1, -0.05) is 29.8 Å². The first-order valence-corrected chi connectivity index (χ1v) is 11.2. The van der Waals surface area contributed by atoms with Gasteiger partial charge >= 0.3 is 0 Å². The summed E-state index contributed by atoms with van der Waals surface area (Å²) in [5.74, 6) is 0.457. The maximum atomic E-state index is 12.9. The summed E-state index contributed by atoms with van der Waals surface area (Å²) in [6, 6.07) is 16.5. The lowest BCUT2D eigenvalue weighted by Gasteiger charge is -2.22. The van der Waals surface area contributed by atoms with Crippen LogP contribution < -0.4 is 9.62 Å². The van der Waals surface area contributed by atoms with E-state index >= 15 is 0 Å². The molecule has 7 heteroatoms. The Balaban J connectivity index is 1.71. The molecule has 0 fully saturated rings. The number of carbonyl (C=O) groups is 1.